The number of benzene rings is 1. The van der Waals surface area contributed by atoms with E-state index in [-0.39, 0.29) is 6.42 Å². The van der Waals surface area contributed by atoms with E-state index in [1.54, 1.807) is 0 Å². The average Bonchev–Trinajstić information content (AvgIpc) is 2.31. The Morgan fingerprint density at radius 1 is 1.44 bits per heavy atom. The molecule has 6 heteroatoms. The zero-order valence-corrected chi connectivity index (χ0v) is 9.32. The van der Waals surface area contributed by atoms with Crippen LogP contribution < -0.4 is 5.32 Å². The molecule has 1 aromatic carbocycles. The van der Waals surface area contributed by atoms with Crippen LogP contribution in [0.5, 0.6) is 0 Å². The topological polar surface area (TPSA) is 66.4 Å². The lowest BCUT2D eigenvalue weighted by Gasteiger charge is -2.12. The van der Waals surface area contributed by atoms with E-state index >= 15 is 0 Å². The molecule has 0 fully saturated rings. The molecule has 2 N–H and O–H groups in total. The minimum absolute atomic E-state index is 0.0159. The summed E-state index contributed by atoms with van der Waals surface area (Å²) in [4.78, 5) is 22.4. The molecule has 96 valence electrons. The van der Waals surface area contributed by atoms with Gasteiger partial charge in [0.15, 0.2) is 11.6 Å². The third-order valence-corrected chi connectivity index (χ3v) is 2.20. The number of amides is 1. The van der Waals surface area contributed by atoms with Crippen molar-refractivity contribution in [1.29, 1.82) is 0 Å². The Morgan fingerprint density at radius 3 is 2.67 bits per heavy atom. The fraction of sp³-hybridized carbons (Fsp3) is 0.167. The summed E-state index contributed by atoms with van der Waals surface area (Å²) in [6, 6.07) is 1.87. The summed E-state index contributed by atoms with van der Waals surface area (Å²) in [7, 11) is 0. The van der Waals surface area contributed by atoms with E-state index in [9.17, 15) is 18.4 Å². The van der Waals surface area contributed by atoms with E-state index in [1.165, 1.54) is 6.08 Å². The van der Waals surface area contributed by atoms with Crippen LogP contribution in [0.1, 0.15) is 16.8 Å². The van der Waals surface area contributed by atoms with Crippen LogP contribution in [-0.4, -0.2) is 23.0 Å². The molecule has 0 bridgehead atoms. The summed E-state index contributed by atoms with van der Waals surface area (Å²) in [5, 5.41) is 10.9. The van der Waals surface area contributed by atoms with Gasteiger partial charge < -0.3 is 10.4 Å². The van der Waals surface area contributed by atoms with Crippen molar-refractivity contribution in [2.24, 2.45) is 0 Å². The first kappa shape index (κ1) is 13.8. The van der Waals surface area contributed by atoms with Crippen molar-refractivity contribution in [3.63, 3.8) is 0 Å². The number of halogens is 2. The molecule has 0 radical (unpaired) electrons. The predicted molar refractivity (Wildman–Crippen MR) is 60.1 cm³/mol. The standard InChI is InChI=1S/C12H11F2NO3/c1-2-4-9(12(17)18)15-11(16)7-5-3-6-8(13)10(7)14/h2-3,5-6,9H,1,4H2,(H,15,16)(H,17,18)/t9-/m1/s1. The van der Waals surface area contributed by atoms with Crippen LogP contribution in [0.3, 0.4) is 0 Å². The molecule has 1 aromatic rings. The summed E-state index contributed by atoms with van der Waals surface area (Å²) in [6.45, 7) is 3.35. The average molecular weight is 255 g/mol. The molecule has 18 heavy (non-hydrogen) atoms. The lowest BCUT2D eigenvalue weighted by molar-refractivity contribution is -0.139. The van der Waals surface area contributed by atoms with E-state index in [1.807, 2.05) is 0 Å². The monoisotopic (exact) mass is 255 g/mol. The van der Waals surface area contributed by atoms with Crippen LogP contribution in [0, 0.1) is 11.6 Å². The van der Waals surface area contributed by atoms with Gasteiger partial charge in [0, 0.05) is 0 Å². The van der Waals surface area contributed by atoms with Gasteiger partial charge in [0.2, 0.25) is 0 Å². The maximum absolute atomic E-state index is 13.3. The lowest BCUT2D eigenvalue weighted by atomic mass is 10.1. The second kappa shape index (κ2) is 5.90. The number of carbonyl (C=O) groups excluding carboxylic acids is 1. The number of hydrogen-bond donors (Lipinski definition) is 2. The fourth-order valence-electron chi connectivity index (χ4n) is 1.30. The molecule has 4 nitrogen and oxygen atoms in total. The summed E-state index contributed by atoms with van der Waals surface area (Å²) in [6.07, 6.45) is 1.29. The van der Waals surface area contributed by atoms with E-state index < -0.39 is 35.1 Å². The normalized spacial score (nSPS) is 11.7. The summed E-state index contributed by atoms with van der Waals surface area (Å²) < 4.78 is 26.2. The molecule has 0 spiro atoms. The molecule has 0 heterocycles. The first-order chi connectivity index (χ1) is 8.47. The predicted octanol–water partition coefficient (Wildman–Crippen LogP) is 1.72. The summed E-state index contributed by atoms with van der Waals surface area (Å²) in [5.74, 6) is -4.74. The van der Waals surface area contributed by atoms with Gasteiger partial charge in [0.25, 0.3) is 5.91 Å². The van der Waals surface area contributed by atoms with Gasteiger partial charge in [-0.15, -0.1) is 6.58 Å². The Morgan fingerprint density at radius 2 is 2.11 bits per heavy atom. The molecular weight excluding hydrogens is 244 g/mol. The fourth-order valence-corrected chi connectivity index (χ4v) is 1.30. The minimum Gasteiger partial charge on any atom is -0.480 e. The molecule has 0 saturated heterocycles. The molecule has 0 unspecified atom stereocenters. The SMILES string of the molecule is C=CC[C@@H](NC(=O)c1cccc(F)c1F)C(=O)O. The van der Waals surface area contributed by atoms with Gasteiger partial charge in [-0.1, -0.05) is 12.1 Å². The Bertz CT molecular complexity index is 488. The Hall–Kier alpha value is -2.24. The van der Waals surface area contributed by atoms with Crippen LogP contribution in [0.15, 0.2) is 30.9 Å². The van der Waals surface area contributed by atoms with Crippen molar-refractivity contribution in [2.45, 2.75) is 12.5 Å². The third-order valence-electron chi connectivity index (χ3n) is 2.20. The molecule has 0 aliphatic heterocycles. The zero-order valence-electron chi connectivity index (χ0n) is 9.32. The van der Waals surface area contributed by atoms with E-state index in [4.69, 9.17) is 5.11 Å². The number of carbonyl (C=O) groups is 2. The summed E-state index contributed by atoms with van der Waals surface area (Å²) >= 11 is 0. The Kier molecular flexibility index (Phi) is 4.53. The van der Waals surface area contributed by atoms with Gasteiger partial charge in [0.05, 0.1) is 5.56 Å². The molecule has 0 aliphatic rings. The van der Waals surface area contributed by atoms with Crippen molar-refractivity contribution in [3.8, 4) is 0 Å². The summed E-state index contributed by atoms with van der Waals surface area (Å²) in [5.41, 5.74) is -0.537. The maximum Gasteiger partial charge on any atom is 0.326 e. The first-order valence-electron chi connectivity index (χ1n) is 5.06. The van der Waals surface area contributed by atoms with Crippen molar-refractivity contribution in [2.75, 3.05) is 0 Å². The molecule has 1 rings (SSSR count). The molecule has 1 atom stereocenters. The van der Waals surface area contributed by atoms with Crippen LogP contribution in [-0.2, 0) is 4.79 Å². The number of carboxylic acid groups (broad SMARTS) is 1. The minimum atomic E-state index is -1.31. The van der Waals surface area contributed by atoms with Gasteiger partial charge in [0.1, 0.15) is 6.04 Å². The van der Waals surface area contributed by atoms with Crippen LogP contribution in [0.4, 0.5) is 8.78 Å². The molecule has 0 aromatic heterocycles. The highest BCUT2D eigenvalue weighted by molar-refractivity contribution is 5.96. The van der Waals surface area contributed by atoms with Crippen LogP contribution >= 0.6 is 0 Å². The number of hydrogen-bond acceptors (Lipinski definition) is 2. The van der Waals surface area contributed by atoms with Crippen LogP contribution in [0.25, 0.3) is 0 Å². The largest absolute Gasteiger partial charge is 0.480 e. The Balaban J connectivity index is 2.90. The third kappa shape index (κ3) is 3.13. The molecule has 0 aliphatic carbocycles. The number of carboxylic acids is 1. The van der Waals surface area contributed by atoms with Gasteiger partial charge in [-0.05, 0) is 18.6 Å². The number of rotatable bonds is 5. The molecule has 1 amide bonds. The van der Waals surface area contributed by atoms with Crippen molar-refractivity contribution < 1.29 is 23.5 Å². The van der Waals surface area contributed by atoms with Crippen molar-refractivity contribution in [3.05, 3.63) is 48.1 Å². The Labute approximate surface area is 102 Å². The quantitative estimate of drug-likeness (QED) is 0.787. The maximum atomic E-state index is 13.3. The second-order valence-electron chi connectivity index (χ2n) is 3.49. The van der Waals surface area contributed by atoms with E-state index in [2.05, 4.69) is 11.9 Å². The zero-order chi connectivity index (χ0) is 13.7. The number of nitrogens with one attached hydrogen (secondary N) is 1. The van der Waals surface area contributed by atoms with Crippen LogP contribution in [0.2, 0.25) is 0 Å². The van der Waals surface area contributed by atoms with Crippen molar-refractivity contribution >= 4 is 11.9 Å². The van der Waals surface area contributed by atoms with E-state index in [0.29, 0.717) is 0 Å². The smallest absolute Gasteiger partial charge is 0.326 e. The molecular formula is C12H11F2NO3. The highest BCUT2D eigenvalue weighted by atomic mass is 19.2. The second-order valence-corrected chi connectivity index (χ2v) is 3.49. The lowest BCUT2D eigenvalue weighted by Crippen LogP contribution is -2.40. The van der Waals surface area contributed by atoms with E-state index in [0.717, 1.165) is 18.2 Å². The van der Waals surface area contributed by atoms with Gasteiger partial charge in [-0.2, -0.15) is 0 Å². The highest BCUT2D eigenvalue weighted by Gasteiger charge is 2.22. The molecule has 0 saturated carbocycles. The van der Waals surface area contributed by atoms with Gasteiger partial charge in [-0.25, -0.2) is 13.6 Å². The van der Waals surface area contributed by atoms with Gasteiger partial charge in [-0.3, -0.25) is 4.79 Å². The van der Waals surface area contributed by atoms with Crippen molar-refractivity contribution in [1.82, 2.24) is 5.32 Å². The van der Waals surface area contributed by atoms with Gasteiger partial charge >= 0.3 is 5.97 Å². The number of aliphatic carboxylic acids is 1. The highest BCUT2D eigenvalue weighted by Crippen LogP contribution is 2.11. The first-order valence-corrected chi connectivity index (χ1v) is 5.06.